The van der Waals surface area contributed by atoms with Crippen LogP contribution in [0.3, 0.4) is 0 Å². The van der Waals surface area contributed by atoms with Crippen molar-refractivity contribution in [1.82, 2.24) is 0 Å². The van der Waals surface area contributed by atoms with Crippen LogP contribution in [0.15, 0.2) is 17.0 Å². The Balaban J connectivity index is 3.38. The Morgan fingerprint density at radius 1 is 1.31 bits per heavy atom. The first-order valence-electron chi connectivity index (χ1n) is 3.80. The molecule has 0 radical (unpaired) electrons. The summed E-state index contributed by atoms with van der Waals surface area (Å²) >= 11 is 6.42. The lowest BCUT2D eigenvalue weighted by Gasteiger charge is -2.02. The van der Waals surface area contributed by atoms with E-state index in [1.807, 2.05) is 0 Å². The highest BCUT2D eigenvalue weighted by atomic mass is 35.5. The van der Waals surface area contributed by atoms with Gasteiger partial charge in [0.05, 0.1) is 27.9 Å². The van der Waals surface area contributed by atoms with E-state index >= 15 is 0 Å². The van der Waals surface area contributed by atoms with Crippen LogP contribution in [0.1, 0.15) is 0 Å². The van der Waals surface area contributed by atoms with Crippen LogP contribution >= 0.6 is 23.6 Å². The molecule has 0 aliphatic carbocycles. The van der Waals surface area contributed by atoms with Gasteiger partial charge in [0.25, 0.3) is 11.4 Å². The second kappa shape index (κ2) is 5.10. The van der Waals surface area contributed by atoms with E-state index in [-0.39, 0.29) is 9.92 Å². The van der Waals surface area contributed by atoms with Gasteiger partial charge in [-0.2, -0.15) is 0 Å². The fourth-order valence-electron chi connectivity index (χ4n) is 0.958. The highest BCUT2D eigenvalue weighted by molar-refractivity contribution is 7.94. The molecular formula is C7H5ClN2O5S. The van der Waals surface area contributed by atoms with Gasteiger partial charge in [0.1, 0.15) is 5.02 Å². The normalized spacial score (nSPS) is 10.1. The molecule has 0 N–H and O–H groups in total. The second-order valence-corrected chi connectivity index (χ2v) is 3.86. The van der Waals surface area contributed by atoms with Gasteiger partial charge in [0, 0.05) is 18.1 Å². The van der Waals surface area contributed by atoms with Gasteiger partial charge in [0.2, 0.25) is 0 Å². The van der Waals surface area contributed by atoms with Crippen LogP contribution in [-0.4, -0.2) is 17.0 Å². The van der Waals surface area contributed by atoms with Gasteiger partial charge in [-0.05, 0) is 0 Å². The maximum atomic E-state index is 10.6. The molecule has 0 aliphatic heterocycles. The van der Waals surface area contributed by atoms with Crippen LogP contribution in [0.5, 0.6) is 0 Å². The third-order valence-corrected chi connectivity index (χ3v) is 2.76. The molecule has 0 aliphatic rings. The van der Waals surface area contributed by atoms with Crippen molar-refractivity contribution in [3.8, 4) is 0 Å². The van der Waals surface area contributed by atoms with Crippen molar-refractivity contribution in [2.24, 2.45) is 0 Å². The van der Waals surface area contributed by atoms with Crippen molar-refractivity contribution in [2.75, 3.05) is 7.11 Å². The Morgan fingerprint density at radius 3 is 2.38 bits per heavy atom. The maximum Gasteiger partial charge on any atom is 0.295 e. The maximum absolute atomic E-state index is 10.6. The van der Waals surface area contributed by atoms with Crippen LogP contribution in [0.25, 0.3) is 0 Å². The van der Waals surface area contributed by atoms with Crippen molar-refractivity contribution < 1.29 is 14.0 Å². The molecule has 0 bridgehead atoms. The van der Waals surface area contributed by atoms with Gasteiger partial charge < -0.3 is 4.18 Å². The molecule has 9 heteroatoms. The molecule has 1 rings (SSSR count). The van der Waals surface area contributed by atoms with E-state index < -0.39 is 21.2 Å². The topological polar surface area (TPSA) is 95.5 Å². The van der Waals surface area contributed by atoms with Crippen molar-refractivity contribution >= 4 is 35.0 Å². The van der Waals surface area contributed by atoms with E-state index in [1.54, 1.807) is 0 Å². The minimum Gasteiger partial charge on any atom is -0.314 e. The molecule has 1 aromatic carbocycles. The SMILES string of the molecule is COSc1cc([N+](=O)[O-])cc([N+](=O)[O-])c1Cl. The Morgan fingerprint density at radius 2 is 1.94 bits per heavy atom. The Labute approximate surface area is 98.9 Å². The summed E-state index contributed by atoms with van der Waals surface area (Å²) in [6, 6.07) is 1.92. The Bertz CT molecular complexity index is 453. The molecule has 86 valence electrons. The number of rotatable bonds is 4. The van der Waals surface area contributed by atoms with Gasteiger partial charge >= 0.3 is 0 Å². The zero-order chi connectivity index (χ0) is 12.3. The lowest BCUT2D eigenvalue weighted by Crippen LogP contribution is -1.95. The molecule has 0 amide bonds. The lowest BCUT2D eigenvalue weighted by atomic mass is 10.3. The fraction of sp³-hybridized carbons (Fsp3) is 0.143. The van der Waals surface area contributed by atoms with Crippen LogP contribution in [-0.2, 0) is 4.18 Å². The van der Waals surface area contributed by atoms with Crippen LogP contribution in [0.4, 0.5) is 11.4 Å². The first kappa shape index (κ1) is 12.7. The summed E-state index contributed by atoms with van der Waals surface area (Å²) in [5.74, 6) is 0. The standard InChI is InChI=1S/C7H5ClN2O5S/c1-15-16-6-3-4(9(11)12)2-5(7(6)8)10(13)14/h2-3H,1H3. The third kappa shape index (κ3) is 2.60. The zero-order valence-electron chi connectivity index (χ0n) is 7.88. The minimum atomic E-state index is -0.783. The number of nitro groups is 2. The van der Waals surface area contributed by atoms with E-state index in [2.05, 4.69) is 4.18 Å². The molecule has 0 unspecified atom stereocenters. The van der Waals surface area contributed by atoms with Crippen LogP contribution in [0, 0.1) is 20.2 Å². The Kier molecular flexibility index (Phi) is 4.05. The number of hydrogen-bond donors (Lipinski definition) is 0. The monoisotopic (exact) mass is 264 g/mol. The first-order valence-corrected chi connectivity index (χ1v) is 4.92. The molecule has 0 saturated carbocycles. The number of benzene rings is 1. The number of nitro benzene ring substituents is 2. The van der Waals surface area contributed by atoms with E-state index in [0.29, 0.717) is 0 Å². The summed E-state index contributed by atoms with van der Waals surface area (Å²) in [4.78, 5) is 19.7. The number of non-ortho nitro benzene ring substituents is 1. The molecule has 0 spiro atoms. The van der Waals surface area contributed by atoms with Gasteiger partial charge in [-0.15, -0.1) is 0 Å². The molecule has 0 heterocycles. The van der Waals surface area contributed by atoms with Crippen LogP contribution < -0.4 is 0 Å². The van der Waals surface area contributed by atoms with E-state index in [1.165, 1.54) is 7.11 Å². The number of halogens is 1. The van der Waals surface area contributed by atoms with E-state index in [0.717, 1.165) is 24.2 Å². The van der Waals surface area contributed by atoms with Crippen LogP contribution in [0.2, 0.25) is 5.02 Å². The first-order chi connectivity index (χ1) is 7.47. The molecule has 1 aromatic rings. The molecule has 7 nitrogen and oxygen atoms in total. The van der Waals surface area contributed by atoms with Crippen molar-refractivity contribution in [3.63, 3.8) is 0 Å². The van der Waals surface area contributed by atoms with Gasteiger partial charge in [-0.25, -0.2) is 0 Å². The average Bonchev–Trinajstić information content (AvgIpc) is 2.20. The zero-order valence-corrected chi connectivity index (χ0v) is 9.45. The average molecular weight is 265 g/mol. The predicted octanol–water partition coefficient (Wildman–Crippen LogP) is 2.81. The fourth-order valence-corrected chi connectivity index (χ4v) is 1.76. The highest BCUT2D eigenvalue weighted by Crippen LogP contribution is 2.38. The summed E-state index contributed by atoms with van der Waals surface area (Å²) < 4.78 is 4.67. The summed E-state index contributed by atoms with van der Waals surface area (Å²) in [6.07, 6.45) is 0. The molecule has 0 atom stereocenters. The highest BCUT2D eigenvalue weighted by Gasteiger charge is 2.23. The predicted molar refractivity (Wildman–Crippen MR) is 57.6 cm³/mol. The molecule has 0 fully saturated rings. The summed E-state index contributed by atoms with van der Waals surface area (Å²) in [5, 5.41) is 21.0. The van der Waals surface area contributed by atoms with Crippen molar-refractivity contribution in [3.05, 3.63) is 37.4 Å². The van der Waals surface area contributed by atoms with E-state index in [4.69, 9.17) is 11.6 Å². The second-order valence-electron chi connectivity index (χ2n) is 2.54. The van der Waals surface area contributed by atoms with Gasteiger partial charge in [0.15, 0.2) is 0 Å². The lowest BCUT2D eigenvalue weighted by molar-refractivity contribution is -0.394. The third-order valence-electron chi connectivity index (χ3n) is 1.59. The molecule has 0 aromatic heterocycles. The number of nitrogens with zero attached hydrogens (tertiary/aromatic N) is 2. The van der Waals surface area contributed by atoms with Crippen molar-refractivity contribution in [2.45, 2.75) is 4.90 Å². The van der Waals surface area contributed by atoms with E-state index in [9.17, 15) is 20.2 Å². The molecule has 16 heavy (non-hydrogen) atoms. The largest absolute Gasteiger partial charge is 0.314 e. The number of hydrogen-bond acceptors (Lipinski definition) is 6. The summed E-state index contributed by atoms with van der Waals surface area (Å²) in [6.45, 7) is 0. The quantitative estimate of drug-likeness (QED) is 0.471. The smallest absolute Gasteiger partial charge is 0.295 e. The molecule has 0 saturated heterocycles. The summed E-state index contributed by atoms with van der Waals surface area (Å²) in [7, 11) is 1.33. The van der Waals surface area contributed by atoms with Gasteiger partial charge in [-0.3, -0.25) is 20.2 Å². The van der Waals surface area contributed by atoms with Gasteiger partial charge in [-0.1, -0.05) is 11.6 Å². The summed E-state index contributed by atoms with van der Waals surface area (Å²) in [5.41, 5.74) is -0.925. The Hall–Kier alpha value is -1.38. The van der Waals surface area contributed by atoms with Crippen molar-refractivity contribution in [1.29, 1.82) is 0 Å². The molecular weight excluding hydrogens is 260 g/mol. The minimum absolute atomic E-state index is 0.130.